The van der Waals surface area contributed by atoms with Crippen LogP contribution in [0.2, 0.25) is 0 Å². The van der Waals surface area contributed by atoms with Crippen LogP contribution in [0.5, 0.6) is 0 Å². The van der Waals surface area contributed by atoms with Gasteiger partial charge in [-0.25, -0.2) is 0 Å². The molecule has 100 valence electrons. The van der Waals surface area contributed by atoms with E-state index in [1.807, 2.05) is 0 Å². The Morgan fingerprint density at radius 2 is 2.18 bits per heavy atom. The number of rotatable bonds is 5. The van der Waals surface area contributed by atoms with Gasteiger partial charge in [-0.2, -0.15) is 17.0 Å². The van der Waals surface area contributed by atoms with Crippen molar-refractivity contribution in [3.8, 4) is 0 Å². The van der Waals surface area contributed by atoms with Gasteiger partial charge in [0.1, 0.15) is 0 Å². The van der Waals surface area contributed by atoms with E-state index in [4.69, 9.17) is 5.73 Å². The molecule has 0 aliphatic carbocycles. The van der Waals surface area contributed by atoms with E-state index in [0.29, 0.717) is 32.6 Å². The SMILES string of the molecule is CN(CCCN)S(=O)(=O)N1CCNC(=O)CC1. The van der Waals surface area contributed by atoms with Crippen LogP contribution in [-0.2, 0) is 15.0 Å². The van der Waals surface area contributed by atoms with Crippen LogP contribution in [0.4, 0.5) is 0 Å². The minimum absolute atomic E-state index is 0.104. The molecule has 17 heavy (non-hydrogen) atoms. The lowest BCUT2D eigenvalue weighted by Gasteiger charge is -2.25. The van der Waals surface area contributed by atoms with Gasteiger partial charge in [-0.1, -0.05) is 0 Å². The maximum Gasteiger partial charge on any atom is 0.281 e. The van der Waals surface area contributed by atoms with E-state index in [0.717, 1.165) is 0 Å². The van der Waals surface area contributed by atoms with Gasteiger partial charge in [0.25, 0.3) is 10.2 Å². The van der Waals surface area contributed by atoms with Gasteiger partial charge in [-0.15, -0.1) is 0 Å². The molecule has 1 heterocycles. The maximum absolute atomic E-state index is 12.1. The van der Waals surface area contributed by atoms with Crippen molar-refractivity contribution >= 4 is 16.1 Å². The zero-order chi connectivity index (χ0) is 12.9. The Morgan fingerprint density at radius 3 is 2.82 bits per heavy atom. The summed E-state index contributed by atoms with van der Waals surface area (Å²) in [6.07, 6.45) is 0.838. The molecule has 0 radical (unpaired) electrons. The van der Waals surface area contributed by atoms with E-state index in [2.05, 4.69) is 5.32 Å². The van der Waals surface area contributed by atoms with E-state index >= 15 is 0 Å². The highest BCUT2D eigenvalue weighted by molar-refractivity contribution is 7.86. The molecule has 1 amide bonds. The molecule has 0 aromatic carbocycles. The first kappa shape index (κ1) is 14.4. The third kappa shape index (κ3) is 3.91. The summed E-state index contributed by atoms with van der Waals surface area (Å²) < 4.78 is 26.9. The van der Waals surface area contributed by atoms with Crippen LogP contribution in [0, 0.1) is 0 Å². The van der Waals surface area contributed by atoms with E-state index < -0.39 is 10.2 Å². The van der Waals surface area contributed by atoms with Gasteiger partial charge >= 0.3 is 0 Å². The zero-order valence-corrected chi connectivity index (χ0v) is 10.9. The normalized spacial score (nSPS) is 19.1. The molecule has 0 bridgehead atoms. The lowest BCUT2D eigenvalue weighted by atomic mass is 10.4. The van der Waals surface area contributed by atoms with Crippen LogP contribution in [0.1, 0.15) is 12.8 Å². The highest BCUT2D eigenvalue weighted by Gasteiger charge is 2.28. The van der Waals surface area contributed by atoms with Crippen LogP contribution in [0.25, 0.3) is 0 Å². The molecule has 1 saturated heterocycles. The van der Waals surface area contributed by atoms with E-state index in [1.54, 1.807) is 0 Å². The van der Waals surface area contributed by atoms with E-state index in [-0.39, 0.29) is 18.9 Å². The molecule has 3 N–H and O–H groups in total. The van der Waals surface area contributed by atoms with Crippen molar-refractivity contribution in [3.63, 3.8) is 0 Å². The van der Waals surface area contributed by atoms with Crippen LogP contribution in [0.3, 0.4) is 0 Å². The third-order valence-electron chi connectivity index (χ3n) is 2.67. The fraction of sp³-hybridized carbons (Fsp3) is 0.889. The average Bonchev–Trinajstić information content (AvgIpc) is 2.51. The predicted molar refractivity (Wildman–Crippen MR) is 64.4 cm³/mol. The van der Waals surface area contributed by atoms with Crippen LogP contribution < -0.4 is 11.1 Å². The molecule has 0 atom stereocenters. The quantitative estimate of drug-likeness (QED) is 0.621. The van der Waals surface area contributed by atoms with Gasteiger partial charge in [-0.05, 0) is 13.0 Å². The largest absolute Gasteiger partial charge is 0.355 e. The Balaban J connectivity index is 2.65. The summed E-state index contributed by atoms with van der Waals surface area (Å²) in [5, 5.41) is 2.65. The Labute approximate surface area is 102 Å². The van der Waals surface area contributed by atoms with Crippen LogP contribution in [0.15, 0.2) is 0 Å². The van der Waals surface area contributed by atoms with Gasteiger partial charge in [0.15, 0.2) is 0 Å². The van der Waals surface area contributed by atoms with Crippen LogP contribution in [-0.4, -0.2) is 62.7 Å². The number of nitrogens with two attached hydrogens (primary N) is 1. The van der Waals surface area contributed by atoms with Crippen molar-refractivity contribution in [2.75, 3.05) is 39.8 Å². The molecular weight excluding hydrogens is 244 g/mol. The third-order valence-corrected chi connectivity index (χ3v) is 4.66. The molecular formula is C9H20N4O3S. The van der Waals surface area contributed by atoms with Gasteiger partial charge in [0.2, 0.25) is 5.91 Å². The number of nitrogens with one attached hydrogen (secondary N) is 1. The average molecular weight is 264 g/mol. The van der Waals surface area contributed by atoms with Crippen molar-refractivity contribution in [2.45, 2.75) is 12.8 Å². The lowest BCUT2D eigenvalue weighted by molar-refractivity contribution is -0.120. The lowest BCUT2D eigenvalue weighted by Crippen LogP contribution is -2.44. The molecule has 0 unspecified atom stereocenters. The molecule has 1 aliphatic rings. The zero-order valence-electron chi connectivity index (χ0n) is 10.1. The highest BCUT2D eigenvalue weighted by Crippen LogP contribution is 2.09. The van der Waals surface area contributed by atoms with Crippen molar-refractivity contribution in [3.05, 3.63) is 0 Å². The molecule has 0 aromatic rings. The number of nitrogens with zero attached hydrogens (tertiary/aromatic N) is 2. The fourth-order valence-corrected chi connectivity index (χ4v) is 3.00. The Kier molecular flexibility index (Phi) is 5.31. The molecule has 0 spiro atoms. The van der Waals surface area contributed by atoms with Crippen LogP contribution >= 0.6 is 0 Å². The molecule has 0 saturated carbocycles. The molecule has 7 nitrogen and oxygen atoms in total. The summed E-state index contributed by atoms with van der Waals surface area (Å²) >= 11 is 0. The monoisotopic (exact) mass is 264 g/mol. The summed E-state index contributed by atoms with van der Waals surface area (Å²) in [4.78, 5) is 11.1. The summed E-state index contributed by atoms with van der Waals surface area (Å²) in [5.41, 5.74) is 5.35. The number of carbonyl (C=O) groups is 1. The standard InChI is InChI=1S/C9H20N4O3S/c1-12(6-2-4-10)17(15,16)13-7-3-9(14)11-5-8-13/h2-8,10H2,1H3,(H,11,14). The number of hydrogen-bond donors (Lipinski definition) is 2. The van der Waals surface area contributed by atoms with Crippen molar-refractivity contribution in [1.82, 2.24) is 13.9 Å². The molecule has 1 rings (SSSR count). The Morgan fingerprint density at radius 1 is 1.47 bits per heavy atom. The number of hydrogen-bond acceptors (Lipinski definition) is 4. The van der Waals surface area contributed by atoms with Crippen molar-refractivity contribution in [1.29, 1.82) is 0 Å². The highest BCUT2D eigenvalue weighted by atomic mass is 32.2. The summed E-state index contributed by atoms with van der Waals surface area (Å²) in [6, 6.07) is 0. The summed E-state index contributed by atoms with van der Waals surface area (Å²) in [6.45, 7) is 1.78. The Hall–Kier alpha value is -0.700. The predicted octanol–water partition coefficient (Wildman–Crippen LogP) is -1.67. The smallest absolute Gasteiger partial charge is 0.281 e. The van der Waals surface area contributed by atoms with Gasteiger partial charge in [0.05, 0.1) is 0 Å². The van der Waals surface area contributed by atoms with Gasteiger partial charge < -0.3 is 11.1 Å². The van der Waals surface area contributed by atoms with Crippen molar-refractivity contribution in [2.24, 2.45) is 5.73 Å². The second-order valence-electron chi connectivity index (χ2n) is 3.97. The minimum Gasteiger partial charge on any atom is -0.355 e. The van der Waals surface area contributed by atoms with E-state index in [9.17, 15) is 13.2 Å². The first-order chi connectivity index (χ1) is 7.98. The molecule has 1 aliphatic heterocycles. The first-order valence-electron chi connectivity index (χ1n) is 5.66. The minimum atomic E-state index is -3.46. The van der Waals surface area contributed by atoms with Crippen molar-refractivity contribution < 1.29 is 13.2 Å². The summed E-state index contributed by atoms with van der Waals surface area (Å²) in [5.74, 6) is -0.104. The maximum atomic E-state index is 12.1. The second-order valence-corrected chi connectivity index (χ2v) is 6.01. The topological polar surface area (TPSA) is 95.7 Å². The van der Waals surface area contributed by atoms with Gasteiger partial charge in [0, 0.05) is 39.6 Å². The number of amides is 1. The summed E-state index contributed by atoms with van der Waals surface area (Å²) in [7, 11) is -1.93. The Bertz CT molecular complexity index is 357. The fourth-order valence-electron chi connectivity index (χ4n) is 1.60. The molecule has 0 aromatic heterocycles. The second kappa shape index (κ2) is 6.29. The molecule has 1 fully saturated rings. The number of carbonyl (C=O) groups excluding carboxylic acids is 1. The van der Waals surface area contributed by atoms with Gasteiger partial charge in [-0.3, -0.25) is 4.79 Å². The molecule has 8 heteroatoms. The first-order valence-corrected chi connectivity index (χ1v) is 7.06. The van der Waals surface area contributed by atoms with E-state index in [1.165, 1.54) is 15.7 Å².